The Bertz CT molecular complexity index is 843. The van der Waals surface area contributed by atoms with Gasteiger partial charge in [-0.1, -0.05) is 35.5 Å². The number of aliphatic hydroxyl groups is 3. The van der Waals surface area contributed by atoms with E-state index in [1.807, 2.05) is 18.2 Å². The third-order valence-electron chi connectivity index (χ3n) is 3.91. The summed E-state index contributed by atoms with van der Waals surface area (Å²) in [4.78, 5) is 0. The van der Waals surface area contributed by atoms with Gasteiger partial charge in [0.15, 0.2) is 6.23 Å². The number of hydrogen-bond acceptors (Lipinski definition) is 9. The Balaban J connectivity index is 1.81. The first-order valence-corrected chi connectivity index (χ1v) is 8.91. The molecule has 11 nitrogen and oxygen atoms in total. The highest BCUT2D eigenvalue weighted by Gasteiger charge is 2.45. The molecule has 4 N–H and O–H groups in total. The zero-order chi connectivity index (χ0) is 18.9. The van der Waals surface area contributed by atoms with Gasteiger partial charge in [-0.15, -0.1) is 5.10 Å². The zero-order valence-corrected chi connectivity index (χ0v) is 14.0. The van der Waals surface area contributed by atoms with Crippen LogP contribution in [0.3, 0.4) is 0 Å². The van der Waals surface area contributed by atoms with Crippen molar-refractivity contribution < 1.29 is 37.2 Å². The van der Waals surface area contributed by atoms with Crippen LogP contribution < -0.4 is 0 Å². The normalized spacial score (nSPS) is 29.6. The first-order valence-electron chi connectivity index (χ1n) is 7.55. The van der Waals surface area contributed by atoms with Crippen LogP contribution in [-0.2, 0) is 19.3 Å². The summed E-state index contributed by atoms with van der Waals surface area (Å²) in [7, 11) is -4.76. The number of aromatic nitrogens is 3. The van der Waals surface area contributed by atoms with E-state index in [1.165, 1.54) is 6.20 Å². The second kappa shape index (κ2) is 7.36. The molecule has 1 aromatic heterocycles. The van der Waals surface area contributed by atoms with Crippen LogP contribution in [0, 0.1) is 0 Å². The van der Waals surface area contributed by atoms with E-state index in [2.05, 4.69) is 14.5 Å². The summed E-state index contributed by atoms with van der Waals surface area (Å²) < 4.78 is 40.8. The van der Waals surface area contributed by atoms with Crippen molar-refractivity contribution in [1.82, 2.24) is 15.0 Å². The van der Waals surface area contributed by atoms with Crippen molar-refractivity contribution in [2.45, 2.75) is 30.6 Å². The number of benzene rings is 1. The lowest BCUT2D eigenvalue weighted by Crippen LogP contribution is -2.56. The smallest absolute Gasteiger partial charge is 0.387 e. The molecule has 0 bridgehead atoms. The van der Waals surface area contributed by atoms with Gasteiger partial charge in [-0.2, -0.15) is 8.42 Å². The highest BCUT2D eigenvalue weighted by molar-refractivity contribution is 7.80. The van der Waals surface area contributed by atoms with Crippen LogP contribution in [-0.4, -0.2) is 74.3 Å². The number of nitrogens with zero attached hydrogens (tertiary/aromatic N) is 3. The molecule has 1 saturated heterocycles. The molecule has 26 heavy (non-hydrogen) atoms. The maximum absolute atomic E-state index is 10.7. The van der Waals surface area contributed by atoms with Gasteiger partial charge in [0.25, 0.3) is 0 Å². The monoisotopic (exact) mass is 387 g/mol. The average molecular weight is 387 g/mol. The molecule has 142 valence electrons. The Morgan fingerprint density at radius 2 is 1.81 bits per heavy atom. The van der Waals surface area contributed by atoms with Crippen molar-refractivity contribution in [2.24, 2.45) is 0 Å². The van der Waals surface area contributed by atoms with Gasteiger partial charge in [0.2, 0.25) is 0 Å². The quantitative estimate of drug-likeness (QED) is 0.455. The molecule has 1 aliphatic heterocycles. The largest absolute Gasteiger partial charge is 0.397 e. The summed E-state index contributed by atoms with van der Waals surface area (Å²) in [5.41, 5.74) is 1.24. The predicted molar refractivity (Wildman–Crippen MR) is 84.9 cm³/mol. The van der Waals surface area contributed by atoms with Crippen LogP contribution in [0.2, 0.25) is 0 Å². The third-order valence-corrected chi connectivity index (χ3v) is 4.34. The van der Waals surface area contributed by atoms with Gasteiger partial charge in [0, 0.05) is 5.56 Å². The minimum atomic E-state index is -4.76. The maximum atomic E-state index is 10.7. The van der Waals surface area contributed by atoms with Crippen molar-refractivity contribution in [1.29, 1.82) is 0 Å². The molecule has 0 radical (unpaired) electrons. The summed E-state index contributed by atoms with van der Waals surface area (Å²) in [5.74, 6) is 0. The first-order chi connectivity index (χ1) is 12.3. The molecular weight excluding hydrogens is 370 g/mol. The van der Waals surface area contributed by atoms with Crippen LogP contribution in [0.5, 0.6) is 0 Å². The SMILES string of the molecule is O=S(=O)(O)OC[C@H]1O[C@@H](n2cc(-c3ccccc3)nn2)[C@H](O)[C@@H](O)[C@@H]1O. The molecule has 0 amide bonds. The van der Waals surface area contributed by atoms with Gasteiger partial charge < -0.3 is 20.1 Å². The average Bonchev–Trinajstić information content (AvgIpc) is 3.09. The van der Waals surface area contributed by atoms with Gasteiger partial charge >= 0.3 is 10.4 Å². The summed E-state index contributed by atoms with van der Waals surface area (Å²) in [6.45, 7) is -0.763. The van der Waals surface area contributed by atoms with Gasteiger partial charge in [-0.05, 0) is 0 Å². The molecule has 2 aromatic rings. The van der Waals surface area contributed by atoms with Crippen molar-refractivity contribution >= 4 is 10.4 Å². The van der Waals surface area contributed by atoms with E-state index in [4.69, 9.17) is 9.29 Å². The summed E-state index contributed by atoms with van der Waals surface area (Å²) in [6.07, 6.45) is -5.99. The van der Waals surface area contributed by atoms with E-state index >= 15 is 0 Å². The topological polar surface area (TPSA) is 164 Å². The van der Waals surface area contributed by atoms with E-state index < -0.39 is 47.6 Å². The number of hydrogen-bond donors (Lipinski definition) is 4. The molecule has 0 aliphatic carbocycles. The Morgan fingerprint density at radius 1 is 1.12 bits per heavy atom. The van der Waals surface area contributed by atoms with E-state index in [0.717, 1.165) is 10.2 Å². The first kappa shape index (κ1) is 18.8. The van der Waals surface area contributed by atoms with Crippen molar-refractivity contribution in [3.8, 4) is 11.3 Å². The van der Waals surface area contributed by atoms with Crippen molar-refractivity contribution in [3.63, 3.8) is 0 Å². The molecule has 0 saturated carbocycles. The molecule has 12 heteroatoms. The Hall–Kier alpha value is -1.93. The number of rotatable bonds is 5. The number of ether oxygens (including phenoxy) is 1. The molecule has 3 rings (SSSR count). The zero-order valence-electron chi connectivity index (χ0n) is 13.2. The fourth-order valence-electron chi connectivity index (χ4n) is 2.58. The summed E-state index contributed by atoms with van der Waals surface area (Å²) >= 11 is 0. The standard InChI is InChI=1S/C14H17N3O8S/c18-11-10(7-24-26(21,22)23)25-14(13(20)12(11)19)17-6-9(15-16-17)8-4-2-1-3-5-8/h1-6,10-14,18-20H,7H2,(H,21,22,23)/t10-,11-,12+,13-,14-/m1/s1. The van der Waals surface area contributed by atoms with Gasteiger partial charge in [0.1, 0.15) is 30.1 Å². The van der Waals surface area contributed by atoms with Crippen molar-refractivity contribution in [2.75, 3.05) is 6.61 Å². The predicted octanol–water partition coefficient (Wildman–Crippen LogP) is -1.26. The summed E-state index contributed by atoms with van der Waals surface area (Å²) in [5, 5.41) is 37.9. The Kier molecular flexibility index (Phi) is 5.34. The molecule has 5 atom stereocenters. The van der Waals surface area contributed by atoms with Gasteiger partial charge in [0.05, 0.1) is 12.8 Å². The van der Waals surface area contributed by atoms with Crippen LogP contribution in [0.1, 0.15) is 6.23 Å². The lowest BCUT2D eigenvalue weighted by atomic mass is 9.98. The van der Waals surface area contributed by atoms with Crippen molar-refractivity contribution in [3.05, 3.63) is 36.5 Å². The van der Waals surface area contributed by atoms with Crippen LogP contribution >= 0.6 is 0 Å². The third kappa shape index (κ3) is 4.07. The van der Waals surface area contributed by atoms with E-state index in [1.54, 1.807) is 12.1 Å². The fraction of sp³-hybridized carbons (Fsp3) is 0.429. The number of aliphatic hydroxyl groups excluding tert-OH is 3. The van der Waals surface area contributed by atoms with Gasteiger partial charge in [-0.3, -0.25) is 4.55 Å². The highest BCUT2D eigenvalue weighted by Crippen LogP contribution is 2.29. The summed E-state index contributed by atoms with van der Waals surface area (Å²) in [6, 6.07) is 9.05. The fourth-order valence-corrected chi connectivity index (χ4v) is 2.89. The second-order valence-corrected chi connectivity index (χ2v) is 6.79. The molecule has 1 fully saturated rings. The minimum Gasteiger partial charge on any atom is -0.387 e. The molecule has 1 aliphatic rings. The van der Waals surface area contributed by atoms with E-state index in [9.17, 15) is 23.7 Å². The minimum absolute atomic E-state index is 0.479. The molecule has 2 heterocycles. The van der Waals surface area contributed by atoms with Gasteiger partial charge in [-0.25, -0.2) is 8.86 Å². The van der Waals surface area contributed by atoms with E-state index in [0.29, 0.717) is 5.69 Å². The lowest BCUT2D eigenvalue weighted by molar-refractivity contribution is -0.252. The van der Waals surface area contributed by atoms with E-state index in [-0.39, 0.29) is 0 Å². The van der Waals surface area contributed by atoms with Crippen LogP contribution in [0.4, 0.5) is 0 Å². The molecule has 1 aromatic carbocycles. The Morgan fingerprint density at radius 3 is 2.46 bits per heavy atom. The molecule has 0 spiro atoms. The molecular formula is C14H17N3O8S. The molecule has 0 unspecified atom stereocenters. The second-order valence-electron chi connectivity index (χ2n) is 5.70. The van der Waals surface area contributed by atoms with Crippen LogP contribution in [0.25, 0.3) is 11.3 Å². The lowest BCUT2D eigenvalue weighted by Gasteiger charge is -2.39. The van der Waals surface area contributed by atoms with Crippen LogP contribution in [0.15, 0.2) is 36.5 Å². The highest BCUT2D eigenvalue weighted by atomic mass is 32.3. The Labute approximate surface area is 148 Å². The maximum Gasteiger partial charge on any atom is 0.397 e.